The summed E-state index contributed by atoms with van der Waals surface area (Å²) in [5.41, 5.74) is 2.87. The van der Waals surface area contributed by atoms with Gasteiger partial charge in [0.2, 0.25) is 0 Å². The van der Waals surface area contributed by atoms with Gasteiger partial charge in [-0.1, -0.05) is 24.3 Å². The fraction of sp³-hybridized carbons (Fsp3) is 0.467. The number of benzene rings is 1. The van der Waals surface area contributed by atoms with Crippen molar-refractivity contribution in [3.05, 3.63) is 41.2 Å². The van der Waals surface area contributed by atoms with Crippen molar-refractivity contribution in [2.24, 2.45) is 0 Å². The van der Waals surface area contributed by atoms with E-state index in [1.54, 1.807) is 0 Å². The Bertz CT molecular complexity index is 552. The van der Waals surface area contributed by atoms with Gasteiger partial charge in [-0.25, -0.2) is 4.68 Å². The van der Waals surface area contributed by atoms with Crippen LogP contribution in [0.1, 0.15) is 30.3 Å². The predicted octanol–water partition coefficient (Wildman–Crippen LogP) is 2.11. The van der Waals surface area contributed by atoms with Crippen LogP contribution in [0.3, 0.4) is 0 Å². The summed E-state index contributed by atoms with van der Waals surface area (Å²) in [6.07, 6.45) is 1.68. The number of aromatic nitrogens is 3. The van der Waals surface area contributed by atoms with Crippen molar-refractivity contribution < 1.29 is 9.84 Å². The molecule has 2 aromatic rings. The molecule has 5 nitrogen and oxygen atoms in total. The van der Waals surface area contributed by atoms with Gasteiger partial charge in [-0.15, -0.1) is 5.10 Å². The molecule has 0 saturated carbocycles. The predicted molar refractivity (Wildman–Crippen MR) is 76.6 cm³/mol. The zero-order chi connectivity index (χ0) is 14.4. The molecule has 0 spiro atoms. The molecule has 0 amide bonds. The highest BCUT2D eigenvalue weighted by Crippen LogP contribution is 2.13. The first-order valence-corrected chi connectivity index (χ1v) is 6.96. The molecule has 0 radical (unpaired) electrons. The zero-order valence-corrected chi connectivity index (χ0v) is 12.0. The molecule has 0 aliphatic rings. The van der Waals surface area contributed by atoms with Crippen molar-refractivity contribution >= 4 is 0 Å². The van der Waals surface area contributed by atoms with Crippen molar-refractivity contribution in [3.63, 3.8) is 0 Å². The molecular formula is C15H21N3O2. The summed E-state index contributed by atoms with van der Waals surface area (Å²) in [6.45, 7) is 5.43. The molecule has 1 heterocycles. The number of nitrogens with zero attached hydrogens (tertiary/aromatic N) is 3. The van der Waals surface area contributed by atoms with Crippen molar-refractivity contribution in [2.45, 2.75) is 39.8 Å². The second-order valence-electron chi connectivity index (χ2n) is 4.74. The third-order valence-electron chi connectivity index (χ3n) is 3.18. The molecule has 0 atom stereocenters. The number of aryl methyl sites for hydroxylation is 2. The number of aliphatic hydroxyl groups is 1. The van der Waals surface area contributed by atoms with Gasteiger partial charge in [-0.2, -0.15) is 0 Å². The molecule has 0 fully saturated rings. The number of hydrogen-bond acceptors (Lipinski definition) is 4. The van der Waals surface area contributed by atoms with Crippen molar-refractivity contribution in [2.75, 3.05) is 6.61 Å². The molecule has 0 saturated heterocycles. The van der Waals surface area contributed by atoms with Gasteiger partial charge in [0.15, 0.2) is 0 Å². The van der Waals surface area contributed by atoms with Crippen LogP contribution in [0, 0.1) is 6.92 Å². The molecule has 108 valence electrons. The van der Waals surface area contributed by atoms with Crippen LogP contribution >= 0.6 is 0 Å². The summed E-state index contributed by atoms with van der Waals surface area (Å²) >= 11 is 0. The monoisotopic (exact) mass is 275 g/mol. The van der Waals surface area contributed by atoms with Gasteiger partial charge in [0, 0.05) is 13.0 Å². The van der Waals surface area contributed by atoms with E-state index in [1.807, 2.05) is 42.8 Å². The average molecular weight is 275 g/mol. The third kappa shape index (κ3) is 3.57. The molecule has 0 unspecified atom stereocenters. The van der Waals surface area contributed by atoms with E-state index < -0.39 is 0 Å². The lowest BCUT2D eigenvalue weighted by Gasteiger charge is -2.08. The lowest BCUT2D eigenvalue weighted by Crippen LogP contribution is -2.09. The lowest BCUT2D eigenvalue weighted by atomic mass is 10.2. The summed E-state index contributed by atoms with van der Waals surface area (Å²) in [5, 5.41) is 17.2. The van der Waals surface area contributed by atoms with E-state index in [1.165, 1.54) is 5.56 Å². The number of hydrogen-bond donors (Lipinski definition) is 1. The van der Waals surface area contributed by atoms with E-state index in [2.05, 4.69) is 10.3 Å². The third-order valence-corrected chi connectivity index (χ3v) is 3.18. The highest BCUT2D eigenvalue weighted by Gasteiger charge is 2.09. The second-order valence-corrected chi connectivity index (χ2v) is 4.74. The molecule has 5 heteroatoms. The summed E-state index contributed by atoms with van der Waals surface area (Å²) in [6, 6.07) is 8.03. The fourth-order valence-electron chi connectivity index (χ4n) is 2.17. The first kappa shape index (κ1) is 14.5. The van der Waals surface area contributed by atoms with Crippen LogP contribution in [0.15, 0.2) is 24.3 Å². The molecule has 1 aromatic carbocycles. The summed E-state index contributed by atoms with van der Waals surface area (Å²) < 4.78 is 7.56. The van der Waals surface area contributed by atoms with Crippen molar-refractivity contribution in [1.82, 2.24) is 15.0 Å². The van der Waals surface area contributed by atoms with E-state index in [9.17, 15) is 0 Å². The summed E-state index contributed by atoms with van der Waals surface area (Å²) in [4.78, 5) is 0. The zero-order valence-electron chi connectivity index (χ0n) is 12.0. The minimum Gasteiger partial charge on any atom is -0.494 e. The van der Waals surface area contributed by atoms with Crippen LogP contribution in [0.25, 0.3) is 0 Å². The van der Waals surface area contributed by atoms with E-state index >= 15 is 0 Å². The summed E-state index contributed by atoms with van der Waals surface area (Å²) in [7, 11) is 0. The maximum atomic E-state index is 9.17. The molecule has 20 heavy (non-hydrogen) atoms. The fourth-order valence-corrected chi connectivity index (χ4v) is 2.17. The highest BCUT2D eigenvalue weighted by molar-refractivity contribution is 5.27. The Kier molecular flexibility index (Phi) is 5.12. The van der Waals surface area contributed by atoms with Gasteiger partial charge in [0.25, 0.3) is 0 Å². The molecule has 2 rings (SSSR count). The molecule has 0 bridgehead atoms. The molecule has 1 aromatic heterocycles. The van der Waals surface area contributed by atoms with Crippen LogP contribution in [0.5, 0.6) is 5.75 Å². The van der Waals surface area contributed by atoms with Gasteiger partial charge in [-0.3, -0.25) is 0 Å². The highest BCUT2D eigenvalue weighted by atomic mass is 16.5. The molecule has 0 aliphatic carbocycles. The minimum atomic E-state index is -0.0526. The van der Waals surface area contributed by atoms with Gasteiger partial charge >= 0.3 is 0 Å². The minimum absolute atomic E-state index is 0.0526. The molecule has 0 aliphatic heterocycles. The Labute approximate surface area is 119 Å². The largest absolute Gasteiger partial charge is 0.494 e. The Morgan fingerprint density at radius 1 is 1.35 bits per heavy atom. The number of ether oxygens (including phenoxy) is 1. The normalized spacial score (nSPS) is 10.8. The van der Waals surface area contributed by atoms with Crippen molar-refractivity contribution in [1.29, 1.82) is 0 Å². The maximum absolute atomic E-state index is 9.17. The quantitative estimate of drug-likeness (QED) is 0.786. The SMILES string of the molecule is CCc1c(CO)nnn1CCCOc1cccc(C)c1. The number of aliphatic hydroxyl groups excluding tert-OH is 1. The smallest absolute Gasteiger partial charge is 0.119 e. The van der Waals surface area contributed by atoms with Crippen molar-refractivity contribution in [3.8, 4) is 5.75 Å². The van der Waals surface area contributed by atoms with Gasteiger partial charge in [0.1, 0.15) is 11.4 Å². The lowest BCUT2D eigenvalue weighted by molar-refractivity contribution is 0.275. The Balaban J connectivity index is 1.83. The second kappa shape index (κ2) is 7.05. The van der Waals surface area contributed by atoms with Crippen LogP contribution in [0.2, 0.25) is 0 Å². The first-order valence-electron chi connectivity index (χ1n) is 6.96. The Morgan fingerprint density at radius 2 is 2.20 bits per heavy atom. The molecule has 1 N–H and O–H groups in total. The van der Waals surface area contributed by atoms with Crippen LogP contribution < -0.4 is 4.74 Å². The number of rotatable bonds is 7. The standard InChI is InChI=1S/C15H21N3O2/c1-3-15-14(11-19)16-17-18(15)8-5-9-20-13-7-4-6-12(2)10-13/h4,6-7,10,19H,3,5,8-9,11H2,1-2H3. The van der Waals surface area contributed by atoms with Crippen LogP contribution in [-0.2, 0) is 19.6 Å². The maximum Gasteiger partial charge on any atom is 0.119 e. The van der Waals surface area contributed by atoms with E-state index in [0.29, 0.717) is 12.3 Å². The van der Waals surface area contributed by atoms with E-state index in [4.69, 9.17) is 9.84 Å². The first-order chi connectivity index (χ1) is 9.74. The van der Waals surface area contributed by atoms with Gasteiger partial charge in [0.05, 0.1) is 18.9 Å². The Morgan fingerprint density at radius 3 is 2.90 bits per heavy atom. The Hall–Kier alpha value is -1.88. The summed E-state index contributed by atoms with van der Waals surface area (Å²) in [5.74, 6) is 0.898. The van der Waals surface area contributed by atoms with Gasteiger partial charge < -0.3 is 9.84 Å². The van der Waals surface area contributed by atoms with Crippen LogP contribution in [-0.4, -0.2) is 26.7 Å². The molecular weight excluding hydrogens is 254 g/mol. The van der Waals surface area contributed by atoms with E-state index in [0.717, 1.165) is 30.8 Å². The van der Waals surface area contributed by atoms with Crippen LogP contribution in [0.4, 0.5) is 0 Å². The topological polar surface area (TPSA) is 60.2 Å². The van der Waals surface area contributed by atoms with Gasteiger partial charge in [-0.05, 0) is 31.0 Å². The van der Waals surface area contributed by atoms with E-state index in [-0.39, 0.29) is 6.61 Å². The average Bonchev–Trinajstić information content (AvgIpc) is 2.85.